The fourth-order valence-electron chi connectivity index (χ4n) is 4.37. The minimum Gasteiger partial charge on any atom is -0.378 e. The molecule has 3 aromatic rings. The maximum atomic E-state index is 13.0. The molecular formula is C26H27ClN4O3. The van der Waals surface area contributed by atoms with E-state index >= 15 is 0 Å². The quantitative estimate of drug-likeness (QED) is 0.388. The molecule has 0 fully saturated rings. The van der Waals surface area contributed by atoms with E-state index in [0.29, 0.717) is 6.54 Å². The zero-order valence-electron chi connectivity index (χ0n) is 19.2. The Morgan fingerprint density at radius 2 is 1.82 bits per heavy atom. The van der Waals surface area contributed by atoms with E-state index in [1.54, 1.807) is 0 Å². The number of nitrogens with one attached hydrogen (secondary N) is 1. The van der Waals surface area contributed by atoms with Gasteiger partial charge < -0.3 is 10.2 Å². The van der Waals surface area contributed by atoms with Gasteiger partial charge in [0.2, 0.25) is 0 Å². The molecule has 34 heavy (non-hydrogen) atoms. The highest BCUT2D eigenvalue weighted by Gasteiger charge is 2.27. The summed E-state index contributed by atoms with van der Waals surface area (Å²) < 4.78 is 0. The van der Waals surface area contributed by atoms with Gasteiger partial charge in [0.1, 0.15) is 5.56 Å². The van der Waals surface area contributed by atoms with E-state index in [2.05, 4.69) is 52.7 Å². The van der Waals surface area contributed by atoms with Gasteiger partial charge in [-0.15, -0.1) is 0 Å². The van der Waals surface area contributed by atoms with Crippen molar-refractivity contribution in [1.82, 2.24) is 10.2 Å². The Bertz CT molecular complexity index is 1200. The molecule has 4 rings (SSSR count). The summed E-state index contributed by atoms with van der Waals surface area (Å²) >= 11 is 6.02. The molecule has 1 aliphatic heterocycles. The third kappa shape index (κ3) is 5.21. The molecule has 0 saturated carbocycles. The van der Waals surface area contributed by atoms with Crippen molar-refractivity contribution >= 4 is 28.9 Å². The standard InChI is InChI=1S/C26H27ClN4O3/c1-29(2)22-10-7-19(8-11-22)25(30-14-13-18-5-3-4-6-20(18)17-30)16-28-26(32)23-15-21(27)9-12-24(23)31(33)34/h3-12,15,25H,13-14,16-17H2,1-2H3,(H,28,32). The SMILES string of the molecule is CN(C)c1ccc(C(CNC(=O)c2cc(Cl)ccc2[N+](=O)[O-])N2CCc3ccccc3C2)cc1. The van der Waals surface area contributed by atoms with E-state index in [4.69, 9.17) is 11.6 Å². The highest BCUT2D eigenvalue weighted by molar-refractivity contribution is 6.31. The first-order chi connectivity index (χ1) is 16.3. The molecule has 176 valence electrons. The highest BCUT2D eigenvalue weighted by atomic mass is 35.5. The van der Waals surface area contributed by atoms with E-state index in [0.717, 1.165) is 30.8 Å². The second kappa shape index (κ2) is 10.2. The number of fused-ring (bicyclic) bond motifs is 1. The average molecular weight is 479 g/mol. The van der Waals surface area contributed by atoms with E-state index < -0.39 is 10.8 Å². The molecule has 3 aromatic carbocycles. The molecule has 1 aliphatic rings. The zero-order chi connectivity index (χ0) is 24.2. The fourth-order valence-corrected chi connectivity index (χ4v) is 4.54. The van der Waals surface area contributed by atoms with Gasteiger partial charge in [-0.3, -0.25) is 19.8 Å². The maximum Gasteiger partial charge on any atom is 0.282 e. The normalized spacial score (nSPS) is 14.2. The van der Waals surface area contributed by atoms with Gasteiger partial charge >= 0.3 is 0 Å². The van der Waals surface area contributed by atoms with Crippen molar-refractivity contribution < 1.29 is 9.72 Å². The van der Waals surface area contributed by atoms with Crippen molar-refractivity contribution in [2.45, 2.75) is 19.0 Å². The van der Waals surface area contributed by atoms with E-state index in [1.165, 1.54) is 29.3 Å². The summed E-state index contributed by atoms with van der Waals surface area (Å²) in [6, 6.07) is 20.6. The number of anilines is 1. The smallest absolute Gasteiger partial charge is 0.282 e. The summed E-state index contributed by atoms with van der Waals surface area (Å²) in [7, 11) is 3.98. The zero-order valence-corrected chi connectivity index (χ0v) is 20.0. The lowest BCUT2D eigenvalue weighted by Gasteiger charge is -2.36. The van der Waals surface area contributed by atoms with Gasteiger partial charge in [0.15, 0.2) is 0 Å². The Balaban J connectivity index is 1.59. The number of rotatable bonds is 7. The number of carbonyl (C=O) groups is 1. The second-order valence-electron chi connectivity index (χ2n) is 8.62. The van der Waals surface area contributed by atoms with E-state index in [-0.39, 0.29) is 22.3 Å². The number of hydrogen-bond donors (Lipinski definition) is 1. The van der Waals surface area contributed by atoms with Gasteiger partial charge in [0, 0.05) is 50.5 Å². The third-order valence-corrected chi connectivity index (χ3v) is 6.49. The molecule has 8 heteroatoms. The molecule has 0 aliphatic carbocycles. The lowest BCUT2D eigenvalue weighted by Crippen LogP contribution is -2.40. The molecule has 0 aromatic heterocycles. The Hall–Kier alpha value is -3.42. The first-order valence-corrected chi connectivity index (χ1v) is 11.5. The van der Waals surface area contributed by atoms with Crippen LogP contribution < -0.4 is 10.2 Å². The molecule has 0 bridgehead atoms. The maximum absolute atomic E-state index is 13.0. The average Bonchev–Trinajstić information content (AvgIpc) is 2.84. The summed E-state index contributed by atoms with van der Waals surface area (Å²) in [5.74, 6) is -0.512. The van der Waals surface area contributed by atoms with Crippen LogP contribution in [0.25, 0.3) is 0 Å². The van der Waals surface area contributed by atoms with Crippen molar-refractivity contribution in [3.05, 3.63) is 104 Å². The van der Waals surface area contributed by atoms with Crippen molar-refractivity contribution in [1.29, 1.82) is 0 Å². The number of nitro benzene ring substituents is 1. The Morgan fingerprint density at radius 1 is 1.12 bits per heavy atom. The van der Waals surface area contributed by atoms with Crippen LogP contribution in [0.1, 0.15) is 33.1 Å². The fraction of sp³-hybridized carbons (Fsp3) is 0.269. The molecule has 1 N–H and O–H groups in total. The number of nitro groups is 1. The first kappa shape index (κ1) is 23.7. The van der Waals surface area contributed by atoms with Gasteiger partial charge in [0.25, 0.3) is 11.6 Å². The number of nitrogens with zero attached hydrogens (tertiary/aromatic N) is 3. The monoisotopic (exact) mass is 478 g/mol. The molecule has 1 heterocycles. The first-order valence-electron chi connectivity index (χ1n) is 11.1. The number of carbonyl (C=O) groups excluding carboxylic acids is 1. The molecule has 1 unspecified atom stereocenters. The molecule has 0 spiro atoms. The van der Waals surface area contributed by atoms with Crippen LogP contribution in [0, 0.1) is 10.1 Å². The second-order valence-corrected chi connectivity index (χ2v) is 9.06. The summed E-state index contributed by atoms with van der Waals surface area (Å²) in [5, 5.41) is 14.6. The number of amides is 1. The van der Waals surface area contributed by atoms with Gasteiger partial charge in [-0.2, -0.15) is 0 Å². The molecule has 0 radical (unpaired) electrons. The molecule has 1 amide bonds. The van der Waals surface area contributed by atoms with Crippen molar-refractivity contribution in [2.24, 2.45) is 0 Å². The van der Waals surface area contributed by atoms with Crippen LogP contribution in [0.5, 0.6) is 0 Å². The summed E-state index contributed by atoms with van der Waals surface area (Å²) in [4.78, 5) is 28.2. The van der Waals surface area contributed by atoms with Gasteiger partial charge in [-0.05, 0) is 47.4 Å². The van der Waals surface area contributed by atoms with Crippen LogP contribution >= 0.6 is 11.6 Å². The Morgan fingerprint density at radius 3 is 2.50 bits per heavy atom. The van der Waals surface area contributed by atoms with Gasteiger partial charge in [0.05, 0.1) is 11.0 Å². The van der Waals surface area contributed by atoms with Crippen LogP contribution in [0.2, 0.25) is 5.02 Å². The Kier molecular flexibility index (Phi) is 7.14. The topological polar surface area (TPSA) is 78.7 Å². The van der Waals surface area contributed by atoms with Gasteiger partial charge in [-0.25, -0.2) is 0 Å². The lowest BCUT2D eigenvalue weighted by atomic mass is 9.96. The molecule has 1 atom stereocenters. The molecule has 7 nitrogen and oxygen atoms in total. The van der Waals surface area contributed by atoms with E-state index in [9.17, 15) is 14.9 Å². The number of hydrogen-bond acceptors (Lipinski definition) is 5. The van der Waals surface area contributed by atoms with Crippen molar-refractivity contribution in [3.8, 4) is 0 Å². The van der Waals surface area contributed by atoms with Crippen LogP contribution in [0.3, 0.4) is 0 Å². The van der Waals surface area contributed by atoms with Crippen molar-refractivity contribution in [2.75, 3.05) is 32.1 Å². The predicted molar refractivity (Wildman–Crippen MR) is 135 cm³/mol. The van der Waals surface area contributed by atoms with Crippen molar-refractivity contribution in [3.63, 3.8) is 0 Å². The largest absolute Gasteiger partial charge is 0.378 e. The number of benzene rings is 3. The summed E-state index contributed by atoms with van der Waals surface area (Å²) in [6.45, 7) is 1.93. The van der Waals surface area contributed by atoms with Crippen LogP contribution in [0.4, 0.5) is 11.4 Å². The van der Waals surface area contributed by atoms with Crippen LogP contribution in [-0.4, -0.2) is 42.9 Å². The minimum atomic E-state index is -0.565. The highest BCUT2D eigenvalue weighted by Crippen LogP contribution is 2.29. The Labute approximate surface area is 204 Å². The summed E-state index contributed by atoms with van der Waals surface area (Å²) in [5.41, 5.74) is 4.49. The molecule has 0 saturated heterocycles. The number of halogens is 1. The van der Waals surface area contributed by atoms with E-state index in [1.807, 2.05) is 25.1 Å². The lowest BCUT2D eigenvalue weighted by molar-refractivity contribution is -0.385. The molecular weight excluding hydrogens is 452 g/mol. The van der Waals surface area contributed by atoms with Crippen LogP contribution in [-0.2, 0) is 13.0 Å². The minimum absolute atomic E-state index is 0.0387. The van der Waals surface area contributed by atoms with Gasteiger partial charge in [-0.1, -0.05) is 48.0 Å². The summed E-state index contributed by atoms with van der Waals surface area (Å²) in [6.07, 6.45) is 0.927. The third-order valence-electron chi connectivity index (χ3n) is 6.25. The predicted octanol–water partition coefficient (Wildman–Crippen LogP) is 4.84. The van der Waals surface area contributed by atoms with Crippen LogP contribution in [0.15, 0.2) is 66.7 Å².